The Kier molecular flexibility index (Phi) is 7.73. The lowest BCUT2D eigenvalue weighted by Gasteiger charge is -2.34. The van der Waals surface area contributed by atoms with Gasteiger partial charge < -0.3 is 20.6 Å². The van der Waals surface area contributed by atoms with Crippen molar-refractivity contribution in [3.63, 3.8) is 0 Å². The van der Waals surface area contributed by atoms with E-state index in [4.69, 9.17) is 11.6 Å². The molecule has 184 valence electrons. The van der Waals surface area contributed by atoms with Crippen molar-refractivity contribution < 1.29 is 22.7 Å². The molecule has 1 atom stereocenters. The van der Waals surface area contributed by atoms with E-state index in [1.54, 1.807) is 4.31 Å². The van der Waals surface area contributed by atoms with E-state index < -0.39 is 21.9 Å². The molecule has 0 radical (unpaired) electrons. The number of aliphatic hydroxyl groups excluding tert-OH is 1. The summed E-state index contributed by atoms with van der Waals surface area (Å²) in [6.07, 6.45) is 2.80. The number of nitrogens with one attached hydrogen (secondary N) is 2. The normalized spacial score (nSPS) is 20.4. The lowest BCUT2D eigenvalue weighted by molar-refractivity contribution is 0.0748. The largest absolute Gasteiger partial charge is 0.393 e. The average molecular weight is 511 g/mol. The van der Waals surface area contributed by atoms with Crippen LogP contribution >= 0.6 is 11.6 Å². The highest BCUT2D eigenvalue weighted by Gasteiger charge is 2.36. The highest BCUT2D eigenvalue weighted by atomic mass is 35.5. The SMILES string of the molecule is O=C(Nc1ccc(S(=O)(=O)N2CCC[C@H]2CN2CCC(O)CC2)cc1)Nc1ccc(F)c(Cl)c1. The van der Waals surface area contributed by atoms with Crippen LogP contribution in [0.4, 0.5) is 20.6 Å². The van der Waals surface area contributed by atoms with Crippen molar-refractivity contribution in [1.82, 2.24) is 9.21 Å². The Morgan fingerprint density at radius 3 is 2.35 bits per heavy atom. The summed E-state index contributed by atoms with van der Waals surface area (Å²) >= 11 is 5.72. The molecule has 0 unspecified atom stereocenters. The molecule has 3 N–H and O–H groups in total. The summed E-state index contributed by atoms with van der Waals surface area (Å²) in [5.41, 5.74) is 0.737. The van der Waals surface area contributed by atoms with Gasteiger partial charge in [0.05, 0.1) is 16.0 Å². The van der Waals surface area contributed by atoms with Gasteiger partial charge in [0, 0.05) is 43.6 Å². The van der Waals surface area contributed by atoms with Crippen molar-refractivity contribution in [3.8, 4) is 0 Å². The second-order valence-corrected chi connectivity index (χ2v) is 11.0. The van der Waals surface area contributed by atoms with Gasteiger partial charge in [-0.15, -0.1) is 0 Å². The van der Waals surface area contributed by atoms with Gasteiger partial charge in [-0.05, 0) is 68.1 Å². The maximum Gasteiger partial charge on any atom is 0.323 e. The van der Waals surface area contributed by atoms with Crippen LogP contribution in [0.25, 0.3) is 0 Å². The number of piperidine rings is 1. The average Bonchev–Trinajstić information content (AvgIpc) is 3.27. The number of carbonyl (C=O) groups is 1. The second kappa shape index (κ2) is 10.6. The van der Waals surface area contributed by atoms with Crippen LogP contribution < -0.4 is 10.6 Å². The van der Waals surface area contributed by atoms with E-state index in [0.717, 1.165) is 44.8 Å². The third-order valence-corrected chi connectivity index (χ3v) is 8.50. The molecule has 2 heterocycles. The molecule has 2 saturated heterocycles. The third kappa shape index (κ3) is 5.87. The van der Waals surface area contributed by atoms with E-state index in [1.165, 1.54) is 36.4 Å². The minimum absolute atomic E-state index is 0.0913. The lowest BCUT2D eigenvalue weighted by Crippen LogP contribution is -2.46. The maximum atomic E-state index is 13.3. The molecule has 8 nitrogen and oxygen atoms in total. The highest BCUT2D eigenvalue weighted by Crippen LogP contribution is 2.28. The number of anilines is 2. The first-order valence-electron chi connectivity index (χ1n) is 11.3. The van der Waals surface area contributed by atoms with E-state index >= 15 is 0 Å². The summed E-state index contributed by atoms with van der Waals surface area (Å²) in [5, 5.41) is 14.8. The zero-order valence-corrected chi connectivity index (χ0v) is 20.2. The van der Waals surface area contributed by atoms with E-state index in [2.05, 4.69) is 15.5 Å². The minimum Gasteiger partial charge on any atom is -0.393 e. The minimum atomic E-state index is -3.67. The molecule has 34 heavy (non-hydrogen) atoms. The van der Waals surface area contributed by atoms with Crippen LogP contribution in [-0.2, 0) is 10.0 Å². The molecule has 2 aromatic carbocycles. The molecule has 2 fully saturated rings. The van der Waals surface area contributed by atoms with Crippen LogP contribution in [0, 0.1) is 5.82 Å². The van der Waals surface area contributed by atoms with Crippen LogP contribution in [0.3, 0.4) is 0 Å². The second-order valence-electron chi connectivity index (χ2n) is 8.68. The Labute approximate surface area is 203 Å². The van der Waals surface area contributed by atoms with Gasteiger partial charge in [-0.25, -0.2) is 17.6 Å². The van der Waals surface area contributed by atoms with Gasteiger partial charge in [-0.2, -0.15) is 4.31 Å². The monoisotopic (exact) mass is 510 g/mol. The molecule has 2 amide bonds. The standard InChI is InChI=1S/C23H28ClFN4O4S/c24-21-14-17(5-8-22(21)25)27-23(31)26-16-3-6-20(7-4-16)34(32,33)29-11-1-2-18(29)15-28-12-9-19(30)10-13-28/h3-8,14,18-19,30H,1-2,9-13,15H2,(H2,26,27,31)/t18-/m0/s1. The van der Waals surface area contributed by atoms with Gasteiger partial charge in [-0.3, -0.25) is 0 Å². The zero-order valence-electron chi connectivity index (χ0n) is 18.6. The number of hydrogen-bond acceptors (Lipinski definition) is 5. The number of likely N-dealkylation sites (tertiary alicyclic amines) is 1. The quantitative estimate of drug-likeness (QED) is 0.549. The van der Waals surface area contributed by atoms with Crippen molar-refractivity contribution in [1.29, 1.82) is 0 Å². The van der Waals surface area contributed by atoms with Gasteiger partial charge in [0.1, 0.15) is 5.82 Å². The molecule has 0 bridgehead atoms. The molecule has 0 aliphatic carbocycles. The number of aliphatic hydroxyl groups is 1. The van der Waals surface area contributed by atoms with Gasteiger partial charge >= 0.3 is 6.03 Å². The van der Waals surface area contributed by atoms with Crippen LogP contribution in [-0.4, -0.2) is 67.1 Å². The first-order valence-corrected chi connectivity index (χ1v) is 13.1. The number of urea groups is 1. The number of amides is 2. The van der Waals surface area contributed by atoms with Crippen molar-refractivity contribution in [3.05, 3.63) is 53.3 Å². The molecule has 0 saturated carbocycles. The number of rotatable bonds is 6. The Bertz CT molecular complexity index is 1120. The highest BCUT2D eigenvalue weighted by molar-refractivity contribution is 7.89. The molecule has 2 aromatic rings. The maximum absolute atomic E-state index is 13.3. The summed E-state index contributed by atoms with van der Waals surface area (Å²) in [7, 11) is -3.67. The van der Waals surface area contributed by atoms with Crippen molar-refractivity contribution in [2.24, 2.45) is 0 Å². The van der Waals surface area contributed by atoms with Gasteiger partial charge in [0.15, 0.2) is 0 Å². The summed E-state index contributed by atoms with van der Waals surface area (Å²) in [5.74, 6) is -0.584. The Morgan fingerprint density at radius 2 is 1.68 bits per heavy atom. The van der Waals surface area contributed by atoms with Crippen LogP contribution in [0.15, 0.2) is 47.4 Å². The number of hydrogen-bond donors (Lipinski definition) is 3. The molecule has 0 spiro atoms. The molecule has 2 aliphatic rings. The summed E-state index contributed by atoms with van der Waals surface area (Å²) < 4.78 is 41.4. The number of nitrogens with zero attached hydrogens (tertiary/aromatic N) is 2. The van der Waals surface area contributed by atoms with Crippen molar-refractivity contribution in [2.75, 3.05) is 36.8 Å². The fourth-order valence-electron chi connectivity index (χ4n) is 4.42. The van der Waals surface area contributed by atoms with Crippen LogP contribution in [0.1, 0.15) is 25.7 Å². The molecule has 4 rings (SSSR count). The predicted molar refractivity (Wildman–Crippen MR) is 129 cm³/mol. The van der Waals surface area contributed by atoms with Gasteiger partial charge in [-0.1, -0.05) is 11.6 Å². The molecular weight excluding hydrogens is 483 g/mol. The van der Waals surface area contributed by atoms with Gasteiger partial charge in [0.2, 0.25) is 10.0 Å². The number of carbonyl (C=O) groups excluding carboxylic acids is 1. The number of halogens is 2. The van der Waals surface area contributed by atoms with Crippen LogP contribution in [0.5, 0.6) is 0 Å². The van der Waals surface area contributed by atoms with Crippen molar-refractivity contribution >= 4 is 39.0 Å². The smallest absolute Gasteiger partial charge is 0.323 e. The molecule has 11 heteroatoms. The topological polar surface area (TPSA) is 102 Å². The number of sulfonamides is 1. The van der Waals surface area contributed by atoms with E-state index in [-0.39, 0.29) is 22.1 Å². The van der Waals surface area contributed by atoms with Crippen molar-refractivity contribution in [2.45, 2.75) is 42.7 Å². The van der Waals surface area contributed by atoms with E-state index in [9.17, 15) is 22.7 Å². The Balaban J connectivity index is 1.37. The Morgan fingerprint density at radius 1 is 1.03 bits per heavy atom. The fraction of sp³-hybridized carbons (Fsp3) is 0.435. The molecule has 2 aliphatic heterocycles. The summed E-state index contributed by atoms with van der Waals surface area (Å²) in [4.78, 5) is 14.6. The Hall–Kier alpha value is -2.24. The fourth-order valence-corrected chi connectivity index (χ4v) is 6.29. The lowest BCUT2D eigenvalue weighted by atomic mass is 10.1. The molecule has 0 aromatic heterocycles. The van der Waals surface area contributed by atoms with Gasteiger partial charge in [0.25, 0.3) is 0 Å². The first-order chi connectivity index (χ1) is 16.2. The third-order valence-electron chi connectivity index (χ3n) is 6.25. The summed E-state index contributed by atoms with van der Waals surface area (Å²) in [6.45, 7) is 2.70. The predicted octanol–water partition coefficient (Wildman–Crippen LogP) is 3.73. The molecular formula is C23H28ClFN4O4S. The first kappa shape index (κ1) is 24.9. The van der Waals surface area contributed by atoms with E-state index in [1.807, 2.05) is 0 Å². The summed E-state index contributed by atoms with van der Waals surface area (Å²) in [6, 6.07) is 9.19. The number of benzene rings is 2. The zero-order chi connectivity index (χ0) is 24.3. The van der Waals surface area contributed by atoms with E-state index in [0.29, 0.717) is 24.5 Å². The van der Waals surface area contributed by atoms with Crippen LogP contribution in [0.2, 0.25) is 5.02 Å².